The van der Waals surface area contributed by atoms with Gasteiger partial charge in [0.25, 0.3) is 0 Å². The fourth-order valence-electron chi connectivity index (χ4n) is 3.86. The monoisotopic (exact) mass is 387 g/mol. The third-order valence-electron chi connectivity index (χ3n) is 5.32. The number of aryl methyl sites for hydroxylation is 1. The lowest BCUT2D eigenvalue weighted by Crippen LogP contribution is -2.37. The number of amides is 1. The highest BCUT2D eigenvalue weighted by Gasteiger charge is 2.22. The molecule has 1 unspecified atom stereocenters. The van der Waals surface area contributed by atoms with Crippen LogP contribution in [-0.2, 0) is 24.3 Å². The Kier molecular flexibility index (Phi) is 4.51. The van der Waals surface area contributed by atoms with Gasteiger partial charge in [-0.2, -0.15) is 5.10 Å². The van der Waals surface area contributed by atoms with Gasteiger partial charge in [0.15, 0.2) is 5.82 Å². The zero-order chi connectivity index (χ0) is 19.6. The predicted octanol–water partition coefficient (Wildman–Crippen LogP) is 2.21. The van der Waals surface area contributed by atoms with E-state index in [-0.39, 0.29) is 18.5 Å². The SMILES string of the molecule is O=C(Cn1cc2ccccc2n1)NC1CCc2nnc(-c3ccncc3)n2CC1. The van der Waals surface area contributed by atoms with Crippen molar-refractivity contribution in [3.05, 3.63) is 60.8 Å². The van der Waals surface area contributed by atoms with Crippen molar-refractivity contribution < 1.29 is 4.79 Å². The second kappa shape index (κ2) is 7.46. The van der Waals surface area contributed by atoms with E-state index in [1.54, 1.807) is 17.1 Å². The van der Waals surface area contributed by atoms with Crippen molar-refractivity contribution in [1.29, 1.82) is 0 Å². The number of nitrogens with one attached hydrogen (secondary N) is 1. The first-order chi connectivity index (χ1) is 14.3. The van der Waals surface area contributed by atoms with E-state index in [0.717, 1.165) is 53.9 Å². The first kappa shape index (κ1) is 17.5. The summed E-state index contributed by atoms with van der Waals surface area (Å²) in [6.45, 7) is 0.996. The highest BCUT2D eigenvalue weighted by atomic mass is 16.2. The van der Waals surface area contributed by atoms with Gasteiger partial charge >= 0.3 is 0 Å². The molecule has 1 aliphatic heterocycles. The molecule has 0 aliphatic carbocycles. The third kappa shape index (κ3) is 3.61. The average Bonchev–Trinajstić information content (AvgIpc) is 3.28. The quantitative estimate of drug-likeness (QED) is 0.580. The summed E-state index contributed by atoms with van der Waals surface area (Å²) in [4.78, 5) is 16.6. The molecule has 0 bridgehead atoms. The van der Waals surface area contributed by atoms with Crippen molar-refractivity contribution in [2.24, 2.45) is 0 Å². The number of hydrogen-bond acceptors (Lipinski definition) is 5. The standard InChI is InChI=1S/C21H21N7O/c29-20(14-27-13-16-3-1-2-4-18(16)26-27)23-17-5-6-19-24-25-21(28(19)12-9-17)15-7-10-22-11-8-15/h1-4,7-8,10-11,13,17H,5-6,9,12,14H2,(H,23,29). The molecule has 0 spiro atoms. The third-order valence-corrected chi connectivity index (χ3v) is 5.32. The molecule has 3 aromatic heterocycles. The van der Waals surface area contributed by atoms with Crippen LogP contribution in [0.2, 0.25) is 0 Å². The highest BCUT2D eigenvalue weighted by molar-refractivity contribution is 5.79. The van der Waals surface area contributed by atoms with Gasteiger partial charge in [0, 0.05) is 48.5 Å². The number of hydrogen-bond donors (Lipinski definition) is 1. The van der Waals surface area contributed by atoms with E-state index in [9.17, 15) is 4.79 Å². The maximum atomic E-state index is 12.6. The van der Waals surface area contributed by atoms with Gasteiger partial charge in [0.05, 0.1) is 5.52 Å². The molecule has 146 valence electrons. The molecular formula is C21H21N7O. The van der Waals surface area contributed by atoms with Crippen molar-refractivity contribution in [1.82, 2.24) is 34.8 Å². The lowest BCUT2D eigenvalue weighted by Gasteiger charge is -2.16. The molecule has 1 aromatic carbocycles. The Morgan fingerprint density at radius 1 is 1.10 bits per heavy atom. The number of nitrogens with zero attached hydrogens (tertiary/aromatic N) is 6. The molecular weight excluding hydrogens is 366 g/mol. The van der Waals surface area contributed by atoms with Gasteiger partial charge in [-0.15, -0.1) is 10.2 Å². The molecule has 1 atom stereocenters. The zero-order valence-corrected chi connectivity index (χ0v) is 15.9. The van der Waals surface area contributed by atoms with Crippen molar-refractivity contribution in [3.63, 3.8) is 0 Å². The van der Waals surface area contributed by atoms with Crippen LogP contribution in [0.1, 0.15) is 18.7 Å². The van der Waals surface area contributed by atoms with Gasteiger partial charge in [-0.3, -0.25) is 14.5 Å². The molecule has 0 fully saturated rings. The largest absolute Gasteiger partial charge is 0.352 e. The van der Waals surface area contributed by atoms with E-state index in [2.05, 4.69) is 30.2 Å². The van der Waals surface area contributed by atoms with Crippen LogP contribution in [0.25, 0.3) is 22.3 Å². The molecule has 8 heteroatoms. The summed E-state index contributed by atoms with van der Waals surface area (Å²) in [5, 5.41) is 17.4. The Hall–Kier alpha value is -3.55. The molecule has 5 rings (SSSR count). The van der Waals surface area contributed by atoms with Gasteiger partial charge in [0.1, 0.15) is 12.4 Å². The van der Waals surface area contributed by atoms with Crippen molar-refractivity contribution in [3.8, 4) is 11.4 Å². The Bertz CT molecular complexity index is 1120. The molecule has 4 heterocycles. The van der Waals surface area contributed by atoms with E-state index >= 15 is 0 Å². The van der Waals surface area contributed by atoms with Gasteiger partial charge in [-0.05, 0) is 31.0 Å². The second-order valence-electron chi connectivity index (χ2n) is 7.30. The van der Waals surface area contributed by atoms with E-state index in [1.165, 1.54) is 0 Å². The summed E-state index contributed by atoms with van der Waals surface area (Å²) in [5.41, 5.74) is 1.91. The molecule has 0 radical (unpaired) electrons. The minimum atomic E-state index is -0.0187. The molecule has 1 amide bonds. The van der Waals surface area contributed by atoms with Crippen LogP contribution in [0, 0.1) is 0 Å². The average molecular weight is 387 g/mol. The minimum absolute atomic E-state index is 0.0187. The predicted molar refractivity (Wildman–Crippen MR) is 108 cm³/mol. The van der Waals surface area contributed by atoms with Crippen LogP contribution >= 0.6 is 0 Å². The lowest BCUT2D eigenvalue weighted by atomic mass is 10.1. The Morgan fingerprint density at radius 2 is 1.97 bits per heavy atom. The number of carbonyl (C=O) groups excluding carboxylic acids is 1. The van der Waals surface area contributed by atoms with E-state index in [4.69, 9.17) is 0 Å². The van der Waals surface area contributed by atoms with Crippen LogP contribution in [0.3, 0.4) is 0 Å². The van der Waals surface area contributed by atoms with Crippen LogP contribution in [0.15, 0.2) is 55.0 Å². The smallest absolute Gasteiger partial charge is 0.241 e. The first-order valence-electron chi connectivity index (χ1n) is 9.80. The molecule has 29 heavy (non-hydrogen) atoms. The molecule has 8 nitrogen and oxygen atoms in total. The molecule has 1 aliphatic rings. The number of aromatic nitrogens is 6. The van der Waals surface area contributed by atoms with Crippen LogP contribution in [0.5, 0.6) is 0 Å². The van der Waals surface area contributed by atoms with Gasteiger partial charge in [-0.25, -0.2) is 0 Å². The molecule has 1 N–H and O–H groups in total. The fourth-order valence-corrected chi connectivity index (χ4v) is 3.86. The normalized spacial score (nSPS) is 16.3. The number of rotatable bonds is 4. The van der Waals surface area contributed by atoms with Gasteiger partial charge in [0.2, 0.25) is 5.91 Å². The Labute approximate surface area is 167 Å². The summed E-state index contributed by atoms with van der Waals surface area (Å²) in [6, 6.07) is 11.9. The summed E-state index contributed by atoms with van der Waals surface area (Å²) in [5.74, 6) is 1.80. The maximum absolute atomic E-state index is 12.6. The van der Waals surface area contributed by atoms with E-state index < -0.39 is 0 Å². The van der Waals surface area contributed by atoms with E-state index in [0.29, 0.717) is 0 Å². The lowest BCUT2D eigenvalue weighted by molar-refractivity contribution is -0.122. The number of carbonyl (C=O) groups is 1. The van der Waals surface area contributed by atoms with Gasteiger partial charge in [-0.1, -0.05) is 18.2 Å². The van der Waals surface area contributed by atoms with Crippen molar-refractivity contribution in [2.75, 3.05) is 0 Å². The fraction of sp³-hybridized carbons (Fsp3) is 0.286. The van der Waals surface area contributed by atoms with Crippen molar-refractivity contribution in [2.45, 2.75) is 38.4 Å². The van der Waals surface area contributed by atoms with Gasteiger partial charge < -0.3 is 9.88 Å². The summed E-state index contributed by atoms with van der Waals surface area (Å²) in [6.07, 6.45) is 7.90. The Balaban J connectivity index is 1.24. The zero-order valence-electron chi connectivity index (χ0n) is 15.9. The topological polar surface area (TPSA) is 90.5 Å². The summed E-state index contributed by atoms with van der Waals surface area (Å²) in [7, 11) is 0. The highest BCUT2D eigenvalue weighted by Crippen LogP contribution is 2.22. The maximum Gasteiger partial charge on any atom is 0.241 e. The number of benzene rings is 1. The summed E-state index contributed by atoms with van der Waals surface area (Å²) < 4.78 is 3.86. The molecule has 0 saturated heterocycles. The minimum Gasteiger partial charge on any atom is -0.352 e. The summed E-state index contributed by atoms with van der Waals surface area (Å²) >= 11 is 0. The van der Waals surface area contributed by atoms with Crippen LogP contribution in [-0.4, -0.2) is 41.5 Å². The van der Waals surface area contributed by atoms with E-state index in [1.807, 2.05) is 42.6 Å². The molecule has 0 saturated carbocycles. The number of pyridine rings is 1. The van der Waals surface area contributed by atoms with Crippen molar-refractivity contribution >= 4 is 16.8 Å². The Morgan fingerprint density at radius 3 is 2.83 bits per heavy atom. The molecule has 4 aromatic rings. The second-order valence-corrected chi connectivity index (χ2v) is 7.30. The number of fused-ring (bicyclic) bond motifs is 2. The van der Waals surface area contributed by atoms with Crippen LogP contribution in [0.4, 0.5) is 0 Å². The van der Waals surface area contributed by atoms with Crippen LogP contribution < -0.4 is 5.32 Å². The first-order valence-corrected chi connectivity index (χ1v) is 9.80.